The third-order valence-corrected chi connectivity index (χ3v) is 2.58. The fourth-order valence-electron chi connectivity index (χ4n) is 1.94. The summed E-state index contributed by atoms with van der Waals surface area (Å²) in [5.41, 5.74) is 7.07. The number of nitrogens with two attached hydrogens (primary N) is 1. The lowest BCUT2D eigenvalue weighted by Gasteiger charge is -2.21. The zero-order valence-electron chi connectivity index (χ0n) is 9.15. The van der Waals surface area contributed by atoms with Crippen LogP contribution in [0.4, 0.5) is 0 Å². The summed E-state index contributed by atoms with van der Waals surface area (Å²) < 4.78 is 5.68. The van der Waals surface area contributed by atoms with E-state index in [0.29, 0.717) is 0 Å². The Balaban J connectivity index is 2.10. The molecule has 2 rings (SSSR count). The van der Waals surface area contributed by atoms with E-state index in [2.05, 4.69) is 17.0 Å². The SMILES string of the molecule is C[C@@H](N)CN1CCOc2ccccc2C1. The van der Waals surface area contributed by atoms with Crippen LogP contribution < -0.4 is 10.5 Å². The maximum Gasteiger partial charge on any atom is 0.123 e. The second kappa shape index (κ2) is 4.64. The predicted molar refractivity (Wildman–Crippen MR) is 60.9 cm³/mol. The van der Waals surface area contributed by atoms with Crippen molar-refractivity contribution in [3.63, 3.8) is 0 Å². The molecule has 0 fully saturated rings. The van der Waals surface area contributed by atoms with E-state index in [1.54, 1.807) is 0 Å². The van der Waals surface area contributed by atoms with Gasteiger partial charge in [0.1, 0.15) is 12.4 Å². The zero-order chi connectivity index (χ0) is 10.7. The summed E-state index contributed by atoms with van der Waals surface area (Å²) in [6, 6.07) is 8.44. The van der Waals surface area contributed by atoms with Crippen LogP contribution in [0.25, 0.3) is 0 Å². The van der Waals surface area contributed by atoms with Crippen molar-refractivity contribution in [1.29, 1.82) is 0 Å². The zero-order valence-corrected chi connectivity index (χ0v) is 9.15. The Labute approximate surface area is 90.8 Å². The third-order valence-electron chi connectivity index (χ3n) is 2.58. The third kappa shape index (κ3) is 2.70. The molecular formula is C12H18N2O. The van der Waals surface area contributed by atoms with E-state index < -0.39 is 0 Å². The lowest BCUT2D eigenvalue weighted by molar-refractivity contribution is 0.218. The minimum Gasteiger partial charge on any atom is -0.492 e. The van der Waals surface area contributed by atoms with E-state index in [1.165, 1.54) is 5.56 Å². The van der Waals surface area contributed by atoms with E-state index in [1.807, 2.05) is 19.1 Å². The summed E-state index contributed by atoms with van der Waals surface area (Å²) >= 11 is 0. The first-order valence-corrected chi connectivity index (χ1v) is 5.44. The molecule has 3 nitrogen and oxygen atoms in total. The van der Waals surface area contributed by atoms with Crippen molar-refractivity contribution >= 4 is 0 Å². The summed E-state index contributed by atoms with van der Waals surface area (Å²) in [4.78, 5) is 2.34. The number of nitrogens with zero attached hydrogens (tertiary/aromatic N) is 1. The molecule has 15 heavy (non-hydrogen) atoms. The number of fused-ring (bicyclic) bond motifs is 1. The fraction of sp³-hybridized carbons (Fsp3) is 0.500. The number of hydrogen-bond acceptors (Lipinski definition) is 3. The van der Waals surface area contributed by atoms with Crippen LogP contribution in [0, 0.1) is 0 Å². The Hall–Kier alpha value is -1.06. The van der Waals surface area contributed by atoms with Crippen LogP contribution >= 0.6 is 0 Å². The van der Waals surface area contributed by atoms with Crippen LogP contribution in [-0.4, -0.2) is 30.6 Å². The lowest BCUT2D eigenvalue weighted by Crippen LogP contribution is -2.36. The van der Waals surface area contributed by atoms with Gasteiger partial charge in [-0.3, -0.25) is 4.90 Å². The van der Waals surface area contributed by atoms with Gasteiger partial charge in [-0.25, -0.2) is 0 Å². The van der Waals surface area contributed by atoms with Crippen LogP contribution in [0.1, 0.15) is 12.5 Å². The van der Waals surface area contributed by atoms with Crippen molar-refractivity contribution in [2.45, 2.75) is 19.5 Å². The Morgan fingerprint density at radius 1 is 1.47 bits per heavy atom. The van der Waals surface area contributed by atoms with Gasteiger partial charge in [-0.15, -0.1) is 0 Å². The van der Waals surface area contributed by atoms with Gasteiger partial charge in [-0.1, -0.05) is 18.2 Å². The summed E-state index contributed by atoms with van der Waals surface area (Å²) in [5, 5.41) is 0. The first-order valence-electron chi connectivity index (χ1n) is 5.44. The molecule has 1 aromatic rings. The van der Waals surface area contributed by atoms with Crippen LogP contribution in [-0.2, 0) is 6.54 Å². The average molecular weight is 206 g/mol. The summed E-state index contributed by atoms with van der Waals surface area (Å²) in [5.74, 6) is 1.02. The highest BCUT2D eigenvalue weighted by atomic mass is 16.5. The van der Waals surface area contributed by atoms with Gasteiger partial charge in [0, 0.05) is 31.2 Å². The van der Waals surface area contributed by atoms with Gasteiger partial charge in [-0.2, -0.15) is 0 Å². The van der Waals surface area contributed by atoms with Gasteiger partial charge >= 0.3 is 0 Å². The Kier molecular flexibility index (Phi) is 3.23. The first-order chi connectivity index (χ1) is 7.25. The molecule has 3 heteroatoms. The number of rotatable bonds is 2. The van der Waals surface area contributed by atoms with Crippen LogP contribution in [0.3, 0.4) is 0 Å². The number of hydrogen-bond donors (Lipinski definition) is 1. The Morgan fingerprint density at radius 2 is 2.27 bits per heavy atom. The maximum absolute atomic E-state index is 5.81. The molecule has 0 aromatic heterocycles. The standard InChI is InChI=1S/C12H18N2O/c1-10(13)8-14-6-7-15-12-5-3-2-4-11(12)9-14/h2-5,10H,6-9,13H2,1H3/t10-/m1/s1. The summed E-state index contributed by atoms with van der Waals surface area (Å²) in [6.07, 6.45) is 0. The molecule has 2 N–H and O–H groups in total. The van der Waals surface area contributed by atoms with Gasteiger partial charge in [0.05, 0.1) is 0 Å². The molecule has 82 valence electrons. The van der Waals surface area contributed by atoms with Crippen molar-refractivity contribution in [2.75, 3.05) is 19.7 Å². The fourth-order valence-corrected chi connectivity index (χ4v) is 1.94. The highest BCUT2D eigenvalue weighted by molar-refractivity contribution is 5.33. The minimum atomic E-state index is 0.218. The topological polar surface area (TPSA) is 38.5 Å². The van der Waals surface area contributed by atoms with Crippen LogP contribution in [0.15, 0.2) is 24.3 Å². The van der Waals surface area contributed by atoms with E-state index in [9.17, 15) is 0 Å². The van der Waals surface area contributed by atoms with E-state index >= 15 is 0 Å². The van der Waals surface area contributed by atoms with Crippen LogP contribution in [0.2, 0.25) is 0 Å². The highest BCUT2D eigenvalue weighted by Crippen LogP contribution is 2.22. The molecule has 0 unspecified atom stereocenters. The quantitative estimate of drug-likeness (QED) is 0.791. The van der Waals surface area contributed by atoms with E-state index in [4.69, 9.17) is 10.5 Å². The number of benzene rings is 1. The molecular weight excluding hydrogens is 188 g/mol. The molecule has 0 aliphatic carbocycles. The van der Waals surface area contributed by atoms with Gasteiger partial charge in [0.2, 0.25) is 0 Å². The van der Waals surface area contributed by atoms with Gasteiger partial charge in [0.15, 0.2) is 0 Å². The van der Waals surface area contributed by atoms with Crippen LogP contribution in [0.5, 0.6) is 5.75 Å². The predicted octanol–water partition coefficient (Wildman–Crippen LogP) is 1.23. The molecule has 1 aliphatic heterocycles. The van der Waals surface area contributed by atoms with Gasteiger partial charge < -0.3 is 10.5 Å². The van der Waals surface area contributed by atoms with E-state index in [-0.39, 0.29) is 6.04 Å². The summed E-state index contributed by atoms with van der Waals surface area (Å²) in [7, 11) is 0. The Bertz CT molecular complexity index is 325. The second-order valence-electron chi connectivity index (χ2n) is 4.17. The molecule has 0 saturated heterocycles. The van der Waals surface area contributed by atoms with Crippen molar-refractivity contribution in [3.8, 4) is 5.75 Å². The molecule has 0 bridgehead atoms. The smallest absolute Gasteiger partial charge is 0.123 e. The van der Waals surface area contributed by atoms with Gasteiger partial charge in [-0.05, 0) is 13.0 Å². The number of para-hydroxylation sites is 1. The largest absolute Gasteiger partial charge is 0.492 e. The van der Waals surface area contributed by atoms with Crippen molar-refractivity contribution in [1.82, 2.24) is 4.90 Å². The second-order valence-corrected chi connectivity index (χ2v) is 4.17. The van der Waals surface area contributed by atoms with Crippen molar-refractivity contribution < 1.29 is 4.74 Å². The van der Waals surface area contributed by atoms with Crippen molar-refractivity contribution in [2.24, 2.45) is 5.73 Å². The molecule has 0 saturated carbocycles. The molecule has 0 amide bonds. The highest BCUT2D eigenvalue weighted by Gasteiger charge is 2.15. The molecule has 1 heterocycles. The first kappa shape index (κ1) is 10.5. The van der Waals surface area contributed by atoms with Gasteiger partial charge in [0.25, 0.3) is 0 Å². The number of ether oxygens (including phenoxy) is 1. The normalized spacial score (nSPS) is 18.8. The monoisotopic (exact) mass is 206 g/mol. The lowest BCUT2D eigenvalue weighted by atomic mass is 10.2. The molecule has 1 aliphatic rings. The van der Waals surface area contributed by atoms with Crippen molar-refractivity contribution in [3.05, 3.63) is 29.8 Å². The molecule has 1 aromatic carbocycles. The molecule has 0 radical (unpaired) electrons. The average Bonchev–Trinajstić information content (AvgIpc) is 2.38. The molecule has 0 spiro atoms. The molecule has 1 atom stereocenters. The maximum atomic E-state index is 5.81. The minimum absolute atomic E-state index is 0.218. The summed E-state index contributed by atoms with van der Waals surface area (Å²) in [6.45, 7) is 5.62. The Morgan fingerprint density at radius 3 is 3.07 bits per heavy atom. The van der Waals surface area contributed by atoms with E-state index in [0.717, 1.165) is 32.0 Å².